The Morgan fingerprint density at radius 1 is 1.14 bits per heavy atom. The summed E-state index contributed by atoms with van der Waals surface area (Å²) in [6.07, 6.45) is 6.28. The van der Waals surface area contributed by atoms with Crippen LogP contribution in [0.4, 0.5) is 4.39 Å². The van der Waals surface area contributed by atoms with E-state index in [1.54, 1.807) is 12.4 Å². The summed E-state index contributed by atoms with van der Waals surface area (Å²) in [5, 5.41) is 20.2. The molecule has 0 spiro atoms. The molecule has 1 unspecified atom stereocenters. The van der Waals surface area contributed by atoms with Crippen LogP contribution in [-0.2, 0) is 4.79 Å². The number of aliphatic hydroxyl groups excluding tert-OH is 1. The molecule has 3 N–H and O–H groups in total. The first-order valence-electron chi connectivity index (χ1n) is 12.6. The summed E-state index contributed by atoms with van der Waals surface area (Å²) in [5.74, 6) is -0.523. The number of likely N-dealkylation sites (tertiary alicyclic amines) is 1. The molecule has 1 aromatic heterocycles. The number of carbonyl (C=O) groups excluding carboxylic acids is 2. The van der Waals surface area contributed by atoms with Gasteiger partial charge in [0.05, 0.1) is 18.1 Å². The van der Waals surface area contributed by atoms with Crippen LogP contribution in [0, 0.1) is 11.7 Å². The number of hydrogen-bond acceptors (Lipinski definition) is 7. The number of thiazole rings is 1. The highest BCUT2D eigenvalue weighted by atomic mass is 32.1. The third-order valence-electron chi connectivity index (χ3n) is 7.39. The number of halogens is 1. The van der Waals surface area contributed by atoms with Gasteiger partial charge in [-0.2, -0.15) is 0 Å². The van der Waals surface area contributed by atoms with Crippen LogP contribution < -0.4 is 10.6 Å². The van der Waals surface area contributed by atoms with Gasteiger partial charge >= 0.3 is 0 Å². The van der Waals surface area contributed by atoms with E-state index < -0.39 is 6.23 Å². The van der Waals surface area contributed by atoms with E-state index >= 15 is 0 Å². The van der Waals surface area contributed by atoms with Crippen molar-refractivity contribution in [2.24, 2.45) is 5.92 Å². The second kappa shape index (κ2) is 11.7. The predicted molar refractivity (Wildman–Crippen MR) is 134 cm³/mol. The number of rotatable bonds is 9. The van der Waals surface area contributed by atoms with Gasteiger partial charge in [-0.15, -0.1) is 11.3 Å². The topological polar surface area (TPSA) is 94.6 Å². The number of aliphatic hydroxyl groups is 1. The maximum absolute atomic E-state index is 13.2. The first kappa shape index (κ1) is 25.9. The number of nitrogens with one attached hydrogen (secondary N) is 2. The van der Waals surface area contributed by atoms with E-state index in [4.69, 9.17) is 0 Å². The molecule has 0 radical (unpaired) electrons. The smallest absolute Gasteiger partial charge is 0.237 e. The summed E-state index contributed by atoms with van der Waals surface area (Å²) in [5.41, 5.74) is 0.725. The Hall–Kier alpha value is -2.20. The highest BCUT2D eigenvalue weighted by molar-refractivity contribution is 7.10. The molecule has 2 fully saturated rings. The maximum Gasteiger partial charge on any atom is 0.237 e. The fourth-order valence-corrected chi connectivity index (χ4v) is 6.17. The van der Waals surface area contributed by atoms with E-state index in [2.05, 4.69) is 15.6 Å². The van der Waals surface area contributed by atoms with E-state index in [1.807, 2.05) is 11.8 Å². The lowest BCUT2D eigenvalue weighted by molar-refractivity contribution is -0.127. The molecular weight excluding hydrogens is 467 g/mol. The van der Waals surface area contributed by atoms with Crippen LogP contribution in [0.1, 0.15) is 79.0 Å². The SMILES string of the molecule is CN[C@@H](C)C(=O)N[C@@H](C1CCCCC1)C(O)N1CCC[C@H]1c1nc(C(=O)c2ccc(F)cc2)cs1. The number of carbonyl (C=O) groups is 2. The van der Waals surface area contributed by atoms with Crippen molar-refractivity contribution in [1.82, 2.24) is 20.5 Å². The van der Waals surface area contributed by atoms with Gasteiger partial charge in [-0.25, -0.2) is 9.37 Å². The molecule has 1 aliphatic heterocycles. The third kappa shape index (κ3) is 5.97. The third-order valence-corrected chi connectivity index (χ3v) is 8.34. The Kier molecular flexibility index (Phi) is 8.64. The van der Waals surface area contributed by atoms with Gasteiger partial charge < -0.3 is 15.7 Å². The lowest BCUT2D eigenvalue weighted by atomic mass is 9.82. The summed E-state index contributed by atoms with van der Waals surface area (Å²) in [6.45, 7) is 2.51. The second-order valence-electron chi connectivity index (χ2n) is 9.66. The minimum Gasteiger partial charge on any atom is -0.376 e. The van der Waals surface area contributed by atoms with Gasteiger partial charge in [-0.1, -0.05) is 19.3 Å². The van der Waals surface area contributed by atoms with Crippen molar-refractivity contribution in [3.8, 4) is 0 Å². The molecule has 2 heterocycles. The van der Waals surface area contributed by atoms with Gasteiger partial charge in [-0.05, 0) is 69.8 Å². The summed E-state index contributed by atoms with van der Waals surface area (Å²) >= 11 is 1.41. The van der Waals surface area contributed by atoms with Crippen molar-refractivity contribution in [2.75, 3.05) is 13.6 Å². The van der Waals surface area contributed by atoms with Crippen LogP contribution in [0.5, 0.6) is 0 Å². The zero-order chi connectivity index (χ0) is 24.9. The summed E-state index contributed by atoms with van der Waals surface area (Å²) in [4.78, 5) is 32.3. The predicted octanol–water partition coefficient (Wildman–Crippen LogP) is 3.64. The Morgan fingerprint density at radius 2 is 1.86 bits per heavy atom. The van der Waals surface area contributed by atoms with E-state index in [9.17, 15) is 19.1 Å². The van der Waals surface area contributed by atoms with Crippen molar-refractivity contribution in [2.45, 2.75) is 76.2 Å². The van der Waals surface area contributed by atoms with Crippen LogP contribution in [-0.4, -0.2) is 58.6 Å². The number of benzene rings is 1. The van der Waals surface area contributed by atoms with E-state index in [-0.39, 0.29) is 41.6 Å². The standard InChI is InChI=1S/C26H35FN4O3S/c1-16(28-2)24(33)30-22(17-7-4-3-5-8-17)26(34)31-14-6-9-21(31)25-29-20(15-35-25)23(32)18-10-12-19(27)13-11-18/h10-13,15-17,21-22,26,28,34H,3-9,14H2,1-2H3,(H,30,33)/t16-,21-,22-,26?/m0/s1. The molecule has 4 atom stereocenters. The minimum atomic E-state index is -0.834. The molecule has 2 aliphatic rings. The molecule has 1 saturated carbocycles. The Labute approximate surface area is 210 Å². The monoisotopic (exact) mass is 502 g/mol. The number of nitrogens with zero attached hydrogens (tertiary/aromatic N) is 2. The number of aromatic nitrogens is 1. The first-order chi connectivity index (χ1) is 16.9. The summed E-state index contributed by atoms with van der Waals surface area (Å²) in [7, 11) is 1.75. The lowest BCUT2D eigenvalue weighted by Gasteiger charge is -2.40. The van der Waals surface area contributed by atoms with Crippen LogP contribution in [0.15, 0.2) is 29.6 Å². The van der Waals surface area contributed by atoms with Crippen LogP contribution >= 0.6 is 11.3 Å². The molecule has 0 bridgehead atoms. The molecule has 1 saturated heterocycles. The highest BCUT2D eigenvalue weighted by Gasteiger charge is 2.40. The van der Waals surface area contributed by atoms with Crippen molar-refractivity contribution in [3.05, 3.63) is 51.7 Å². The first-order valence-corrected chi connectivity index (χ1v) is 13.4. The molecule has 190 valence electrons. The quantitative estimate of drug-likeness (QED) is 0.453. The van der Waals surface area contributed by atoms with E-state index in [0.717, 1.165) is 43.5 Å². The molecule has 4 rings (SSSR count). The van der Waals surface area contributed by atoms with Crippen molar-refractivity contribution < 1.29 is 19.1 Å². The van der Waals surface area contributed by atoms with Crippen LogP contribution in [0.25, 0.3) is 0 Å². The maximum atomic E-state index is 13.2. The highest BCUT2D eigenvalue weighted by Crippen LogP contribution is 2.38. The average Bonchev–Trinajstić information content (AvgIpc) is 3.56. The largest absolute Gasteiger partial charge is 0.376 e. The molecule has 7 nitrogen and oxygen atoms in total. The van der Waals surface area contributed by atoms with Gasteiger partial charge in [-0.3, -0.25) is 14.5 Å². The van der Waals surface area contributed by atoms with Gasteiger partial charge in [0.15, 0.2) is 0 Å². The molecule has 1 amide bonds. The zero-order valence-electron chi connectivity index (χ0n) is 20.4. The Bertz CT molecular complexity index is 1010. The fraction of sp³-hybridized carbons (Fsp3) is 0.577. The lowest BCUT2D eigenvalue weighted by Crippen LogP contribution is -2.57. The molecule has 2 aromatic rings. The van der Waals surface area contributed by atoms with Gasteiger partial charge in [0.2, 0.25) is 11.7 Å². The van der Waals surface area contributed by atoms with Gasteiger partial charge in [0.1, 0.15) is 22.7 Å². The van der Waals surface area contributed by atoms with Crippen molar-refractivity contribution in [3.63, 3.8) is 0 Å². The number of likely N-dealkylation sites (N-methyl/N-ethyl adjacent to an activating group) is 1. The van der Waals surface area contributed by atoms with Crippen LogP contribution in [0.2, 0.25) is 0 Å². The fourth-order valence-electron chi connectivity index (χ4n) is 5.22. The van der Waals surface area contributed by atoms with Gasteiger partial charge in [0.25, 0.3) is 0 Å². The minimum absolute atomic E-state index is 0.112. The van der Waals surface area contributed by atoms with Crippen molar-refractivity contribution in [1.29, 1.82) is 0 Å². The molecule has 35 heavy (non-hydrogen) atoms. The van der Waals surface area contributed by atoms with E-state index in [0.29, 0.717) is 17.8 Å². The Balaban J connectivity index is 1.52. The molecule has 1 aromatic carbocycles. The summed E-state index contributed by atoms with van der Waals surface area (Å²) in [6, 6.07) is 4.64. The normalized spacial score (nSPS) is 22.0. The van der Waals surface area contributed by atoms with E-state index in [1.165, 1.54) is 42.0 Å². The van der Waals surface area contributed by atoms with Crippen molar-refractivity contribution >= 4 is 23.0 Å². The molecular formula is C26H35FN4O3S. The molecule has 1 aliphatic carbocycles. The van der Waals surface area contributed by atoms with Gasteiger partial charge in [0, 0.05) is 17.5 Å². The number of hydrogen-bond donors (Lipinski definition) is 3. The number of amides is 1. The Morgan fingerprint density at radius 3 is 2.54 bits per heavy atom. The average molecular weight is 503 g/mol. The summed E-state index contributed by atoms with van der Waals surface area (Å²) < 4.78 is 13.2. The zero-order valence-corrected chi connectivity index (χ0v) is 21.2. The van der Waals surface area contributed by atoms with Crippen LogP contribution in [0.3, 0.4) is 0 Å². The second-order valence-corrected chi connectivity index (χ2v) is 10.5. The molecule has 9 heteroatoms. The number of ketones is 1.